The molecule has 4 nitrogen and oxygen atoms in total. The van der Waals surface area contributed by atoms with Crippen LogP contribution in [0.25, 0.3) is 0 Å². The Bertz CT molecular complexity index is 624. The summed E-state index contributed by atoms with van der Waals surface area (Å²) >= 11 is 0. The van der Waals surface area contributed by atoms with Crippen molar-refractivity contribution in [3.63, 3.8) is 0 Å². The molecule has 1 amide bonds. The van der Waals surface area contributed by atoms with Gasteiger partial charge in [0.15, 0.2) is 0 Å². The molecule has 0 unspecified atom stereocenters. The Hall–Kier alpha value is -2.36. The first kappa shape index (κ1) is 13.1. The van der Waals surface area contributed by atoms with Crippen LogP contribution in [0.1, 0.15) is 32.9 Å². The molecule has 2 aromatic rings. The van der Waals surface area contributed by atoms with Crippen LogP contribution < -0.4 is 5.73 Å². The van der Waals surface area contributed by atoms with E-state index in [1.165, 1.54) is 0 Å². The number of rotatable bonds is 4. The van der Waals surface area contributed by atoms with E-state index in [-0.39, 0.29) is 12.2 Å². The molecule has 0 atom stereocenters. The van der Waals surface area contributed by atoms with Gasteiger partial charge in [-0.05, 0) is 25.5 Å². The Labute approximate surface area is 111 Å². The number of carbonyl (C=O) groups excluding carboxylic acids is 2. The summed E-state index contributed by atoms with van der Waals surface area (Å²) in [6.45, 7) is 3.82. The zero-order valence-electron chi connectivity index (χ0n) is 11.0. The monoisotopic (exact) mass is 256 g/mol. The van der Waals surface area contributed by atoms with E-state index < -0.39 is 5.91 Å². The van der Waals surface area contributed by atoms with Crippen LogP contribution >= 0.6 is 0 Å². The van der Waals surface area contributed by atoms with Gasteiger partial charge in [-0.1, -0.05) is 29.8 Å². The lowest BCUT2D eigenvalue weighted by atomic mass is 10.1. The molecule has 1 heterocycles. The molecule has 0 spiro atoms. The van der Waals surface area contributed by atoms with Crippen LogP contribution in [0.3, 0.4) is 0 Å². The molecule has 0 bridgehead atoms. The third kappa shape index (κ3) is 2.91. The molecular weight excluding hydrogens is 240 g/mol. The fourth-order valence-electron chi connectivity index (χ4n) is 1.94. The molecule has 1 aromatic carbocycles. The van der Waals surface area contributed by atoms with Crippen molar-refractivity contribution >= 4 is 11.7 Å². The minimum absolute atomic E-state index is 0.0844. The fourth-order valence-corrected chi connectivity index (χ4v) is 1.94. The summed E-state index contributed by atoms with van der Waals surface area (Å²) in [7, 11) is 0. The van der Waals surface area contributed by atoms with Crippen LogP contribution in [-0.2, 0) is 11.2 Å². The van der Waals surface area contributed by atoms with Crippen LogP contribution in [0.2, 0.25) is 0 Å². The van der Waals surface area contributed by atoms with Gasteiger partial charge in [0.25, 0.3) is 0 Å². The van der Waals surface area contributed by atoms with Gasteiger partial charge in [0, 0.05) is 11.3 Å². The average Bonchev–Trinajstić information content (AvgIpc) is 2.70. The highest BCUT2D eigenvalue weighted by molar-refractivity contribution is 6.08. The Kier molecular flexibility index (Phi) is 3.51. The topological polar surface area (TPSA) is 76.0 Å². The average molecular weight is 256 g/mol. The highest BCUT2D eigenvalue weighted by atomic mass is 16.1. The van der Waals surface area contributed by atoms with Crippen molar-refractivity contribution in [1.29, 1.82) is 0 Å². The third-order valence-electron chi connectivity index (χ3n) is 3.03. The Morgan fingerprint density at radius 1 is 1.16 bits per heavy atom. The lowest BCUT2D eigenvalue weighted by Gasteiger charge is -1.99. The molecule has 0 saturated carbocycles. The summed E-state index contributed by atoms with van der Waals surface area (Å²) in [4.78, 5) is 26.2. The molecular formula is C15H16N2O2. The predicted molar refractivity (Wildman–Crippen MR) is 73.0 cm³/mol. The van der Waals surface area contributed by atoms with E-state index >= 15 is 0 Å². The number of hydrogen-bond donors (Lipinski definition) is 2. The number of carbonyl (C=O) groups is 2. The number of ketones is 1. The Balaban J connectivity index is 2.29. The van der Waals surface area contributed by atoms with Crippen molar-refractivity contribution in [1.82, 2.24) is 4.98 Å². The van der Waals surface area contributed by atoms with E-state index in [0.717, 1.165) is 11.1 Å². The number of aromatic nitrogens is 1. The molecule has 0 fully saturated rings. The molecule has 0 saturated heterocycles. The summed E-state index contributed by atoms with van der Waals surface area (Å²) in [6.07, 6.45) is 0.118. The largest absolute Gasteiger partial charge is 0.369 e. The molecule has 4 heteroatoms. The standard InChI is InChI=1S/C15H16N2O2/c1-9-3-5-11(6-4-9)15(19)13-7-10(2)12(17-13)8-14(16)18/h3-7,17H,8H2,1-2H3,(H2,16,18). The van der Waals surface area contributed by atoms with E-state index in [0.29, 0.717) is 17.0 Å². The summed E-state index contributed by atoms with van der Waals surface area (Å²) in [5, 5.41) is 0. The number of benzene rings is 1. The summed E-state index contributed by atoms with van der Waals surface area (Å²) in [5.41, 5.74) is 8.94. The van der Waals surface area contributed by atoms with Crippen LogP contribution in [0.4, 0.5) is 0 Å². The van der Waals surface area contributed by atoms with Gasteiger partial charge in [-0.25, -0.2) is 0 Å². The number of primary amides is 1. The quantitative estimate of drug-likeness (QED) is 0.819. The lowest BCUT2D eigenvalue weighted by Crippen LogP contribution is -2.14. The number of H-pyrrole nitrogens is 1. The molecule has 19 heavy (non-hydrogen) atoms. The number of aromatic amines is 1. The van der Waals surface area contributed by atoms with Gasteiger partial charge in [0.1, 0.15) is 0 Å². The van der Waals surface area contributed by atoms with Crippen molar-refractivity contribution < 1.29 is 9.59 Å². The SMILES string of the molecule is Cc1ccc(C(=O)c2cc(C)c(CC(N)=O)[nH]2)cc1. The minimum atomic E-state index is -0.417. The maximum atomic E-state index is 12.3. The van der Waals surface area contributed by atoms with Gasteiger partial charge < -0.3 is 10.7 Å². The van der Waals surface area contributed by atoms with Crippen LogP contribution in [0.15, 0.2) is 30.3 Å². The van der Waals surface area contributed by atoms with Crippen molar-refractivity contribution in [2.24, 2.45) is 5.73 Å². The van der Waals surface area contributed by atoms with Crippen molar-refractivity contribution in [2.45, 2.75) is 20.3 Å². The first-order valence-corrected chi connectivity index (χ1v) is 6.05. The van der Waals surface area contributed by atoms with Crippen LogP contribution in [0, 0.1) is 13.8 Å². The summed E-state index contributed by atoms with van der Waals surface area (Å²) in [6, 6.07) is 9.13. The molecule has 0 aliphatic heterocycles. The molecule has 0 radical (unpaired) electrons. The number of hydrogen-bond acceptors (Lipinski definition) is 2. The van der Waals surface area contributed by atoms with Crippen LogP contribution in [-0.4, -0.2) is 16.7 Å². The Morgan fingerprint density at radius 3 is 2.37 bits per heavy atom. The number of amides is 1. The fraction of sp³-hybridized carbons (Fsp3) is 0.200. The highest BCUT2D eigenvalue weighted by Gasteiger charge is 2.14. The number of aryl methyl sites for hydroxylation is 2. The molecule has 0 aliphatic rings. The zero-order chi connectivity index (χ0) is 14.0. The van der Waals surface area contributed by atoms with E-state index in [2.05, 4.69) is 4.98 Å². The normalized spacial score (nSPS) is 10.4. The van der Waals surface area contributed by atoms with E-state index in [4.69, 9.17) is 5.73 Å². The maximum Gasteiger partial charge on any atom is 0.223 e. The second-order valence-electron chi connectivity index (χ2n) is 4.68. The van der Waals surface area contributed by atoms with Gasteiger partial charge in [-0.2, -0.15) is 0 Å². The van der Waals surface area contributed by atoms with Crippen molar-refractivity contribution in [3.05, 3.63) is 58.4 Å². The minimum Gasteiger partial charge on any atom is -0.369 e. The highest BCUT2D eigenvalue weighted by Crippen LogP contribution is 2.15. The lowest BCUT2D eigenvalue weighted by molar-refractivity contribution is -0.117. The smallest absolute Gasteiger partial charge is 0.223 e. The second-order valence-corrected chi connectivity index (χ2v) is 4.68. The van der Waals surface area contributed by atoms with Gasteiger partial charge >= 0.3 is 0 Å². The summed E-state index contributed by atoms with van der Waals surface area (Å²) < 4.78 is 0. The van der Waals surface area contributed by atoms with Crippen LogP contribution in [0.5, 0.6) is 0 Å². The van der Waals surface area contributed by atoms with Gasteiger partial charge in [0.05, 0.1) is 12.1 Å². The van der Waals surface area contributed by atoms with Gasteiger partial charge in [-0.3, -0.25) is 9.59 Å². The summed E-state index contributed by atoms with van der Waals surface area (Å²) in [5.74, 6) is -0.502. The van der Waals surface area contributed by atoms with Gasteiger partial charge in [0.2, 0.25) is 11.7 Å². The van der Waals surface area contributed by atoms with E-state index in [1.54, 1.807) is 18.2 Å². The Morgan fingerprint density at radius 2 is 1.79 bits per heavy atom. The van der Waals surface area contributed by atoms with Crippen molar-refractivity contribution in [2.75, 3.05) is 0 Å². The zero-order valence-corrected chi connectivity index (χ0v) is 11.0. The second kappa shape index (κ2) is 5.10. The molecule has 2 rings (SSSR count). The third-order valence-corrected chi connectivity index (χ3v) is 3.03. The van der Waals surface area contributed by atoms with E-state index in [9.17, 15) is 9.59 Å². The molecule has 98 valence electrons. The first-order valence-electron chi connectivity index (χ1n) is 6.05. The van der Waals surface area contributed by atoms with Crippen molar-refractivity contribution in [3.8, 4) is 0 Å². The first-order chi connectivity index (χ1) is 8.97. The molecule has 1 aromatic heterocycles. The molecule has 3 N–H and O–H groups in total. The molecule has 0 aliphatic carbocycles. The number of nitrogens with two attached hydrogens (primary N) is 1. The number of nitrogens with one attached hydrogen (secondary N) is 1. The van der Waals surface area contributed by atoms with E-state index in [1.807, 2.05) is 26.0 Å². The van der Waals surface area contributed by atoms with Gasteiger partial charge in [-0.15, -0.1) is 0 Å². The predicted octanol–water partition coefficient (Wildman–Crippen LogP) is 1.89. The maximum absolute atomic E-state index is 12.3.